The lowest BCUT2D eigenvalue weighted by molar-refractivity contribution is -0.130. The molecule has 2 rings (SSSR count). The number of carbonyl (C=O) groups is 2. The molecule has 1 atom stereocenters. The highest BCUT2D eigenvalue weighted by Crippen LogP contribution is 2.23. The molecule has 0 bridgehead atoms. The van der Waals surface area contributed by atoms with Gasteiger partial charge in [-0.3, -0.25) is 9.59 Å². The van der Waals surface area contributed by atoms with E-state index in [-0.39, 0.29) is 24.4 Å². The van der Waals surface area contributed by atoms with E-state index >= 15 is 0 Å². The molecule has 1 unspecified atom stereocenters. The smallest absolute Gasteiger partial charge is 0.243 e. The van der Waals surface area contributed by atoms with Gasteiger partial charge in [0, 0.05) is 18.5 Å². The molecule has 1 N–H and O–H groups in total. The van der Waals surface area contributed by atoms with Crippen molar-refractivity contribution in [3.05, 3.63) is 55.4 Å². The number of fused-ring (bicyclic) bond motifs is 1. The van der Waals surface area contributed by atoms with Crippen LogP contribution in [0.2, 0.25) is 0 Å². The van der Waals surface area contributed by atoms with Gasteiger partial charge in [-0.1, -0.05) is 45.1 Å². The maximum atomic E-state index is 12.9. The van der Waals surface area contributed by atoms with E-state index in [1.54, 1.807) is 17.1 Å². The highest BCUT2D eigenvalue weighted by molar-refractivity contribution is 5.83. The van der Waals surface area contributed by atoms with Crippen LogP contribution in [-0.2, 0) is 16.1 Å². The van der Waals surface area contributed by atoms with E-state index in [9.17, 15) is 9.59 Å². The highest BCUT2D eigenvalue weighted by atomic mass is 16.2. The fourth-order valence-corrected chi connectivity index (χ4v) is 2.89. The van der Waals surface area contributed by atoms with E-state index < -0.39 is 5.41 Å². The molecule has 0 saturated heterocycles. The lowest BCUT2D eigenvalue weighted by Crippen LogP contribution is -2.38. The molecule has 0 saturated carbocycles. The summed E-state index contributed by atoms with van der Waals surface area (Å²) >= 11 is 0. The molecule has 2 aromatic rings. The summed E-state index contributed by atoms with van der Waals surface area (Å²) in [4.78, 5) is 31.7. The van der Waals surface area contributed by atoms with Crippen LogP contribution in [0.25, 0.3) is 11.0 Å². The Bertz CT molecular complexity index is 866. The van der Waals surface area contributed by atoms with Gasteiger partial charge in [-0.15, -0.1) is 13.2 Å². The largest absolute Gasteiger partial charge is 0.346 e. The topological polar surface area (TPSA) is 67.2 Å². The van der Waals surface area contributed by atoms with Crippen molar-refractivity contribution < 1.29 is 9.59 Å². The summed E-state index contributed by atoms with van der Waals surface area (Å²) in [6.45, 7) is 15.9. The van der Waals surface area contributed by atoms with E-state index in [0.29, 0.717) is 18.9 Å². The van der Waals surface area contributed by atoms with Crippen molar-refractivity contribution in [2.75, 3.05) is 13.1 Å². The molecule has 1 aromatic heterocycles. The van der Waals surface area contributed by atoms with Crippen LogP contribution in [0.15, 0.2) is 49.6 Å². The minimum atomic E-state index is -0.508. The molecule has 6 heteroatoms. The molecule has 2 amide bonds. The normalized spacial score (nSPS) is 12.4. The van der Waals surface area contributed by atoms with Gasteiger partial charge in [-0.25, -0.2) is 4.98 Å². The first-order chi connectivity index (χ1) is 13.2. The monoisotopic (exact) mass is 382 g/mol. The van der Waals surface area contributed by atoms with Crippen LogP contribution in [-0.4, -0.2) is 39.4 Å². The Kier molecular flexibility index (Phi) is 6.78. The Labute approximate surface area is 166 Å². The van der Waals surface area contributed by atoms with Crippen LogP contribution in [0.5, 0.6) is 0 Å². The molecular formula is C22H30N4O2. The first-order valence-electron chi connectivity index (χ1n) is 9.44. The van der Waals surface area contributed by atoms with Gasteiger partial charge >= 0.3 is 0 Å². The maximum absolute atomic E-state index is 12.9. The summed E-state index contributed by atoms with van der Waals surface area (Å²) in [5, 5.41) is 3.01. The standard InChI is InChI=1S/C22H30N4O2/c1-7-13-25(14-8-2)19(27)15-26-18-12-10-9-11-17(18)24-20(26)16(3)23-21(28)22(4,5)6/h7-12,16H,1-2,13-15H2,3-6H3,(H,23,28). The number of imidazole rings is 1. The van der Waals surface area contributed by atoms with Gasteiger partial charge in [-0.2, -0.15) is 0 Å². The van der Waals surface area contributed by atoms with Crippen molar-refractivity contribution in [2.45, 2.75) is 40.3 Å². The zero-order chi connectivity index (χ0) is 20.9. The Morgan fingerprint density at radius 3 is 2.39 bits per heavy atom. The summed E-state index contributed by atoms with van der Waals surface area (Å²) in [6, 6.07) is 7.33. The second-order valence-corrected chi connectivity index (χ2v) is 7.87. The minimum Gasteiger partial charge on any atom is -0.346 e. The SMILES string of the molecule is C=CCN(CC=C)C(=O)Cn1c(C(C)NC(=O)C(C)(C)C)nc2ccccc21. The van der Waals surface area contributed by atoms with Gasteiger partial charge < -0.3 is 14.8 Å². The van der Waals surface area contributed by atoms with Gasteiger partial charge in [0.05, 0.1) is 17.1 Å². The first-order valence-corrected chi connectivity index (χ1v) is 9.44. The van der Waals surface area contributed by atoms with Crippen LogP contribution in [0.4, 0.5) is 0 Å². The van der Waals surface area contributed by atoms with E-state index in [1.165, 1.54) is 0 Å². The number of benzene rings is 1. The van der Waals surface area contributed by atoms with Crippen molar-refractivity contribution in [1.82, 2.24) is 19.8 Å². The van der Waals surface area contributed by atoms with Crippen LogP contribution in [0.1, 0.15) is 39.6 Å². The summed E-state index contributed by atoms with van der Waals surface area (Å²) in [7, 11) is 0. The van der Waals surface area contributed by atoms with E-state index in [2.05, 4.69) is 23.5 Å². The quantitative estimate of drug-likeness (QED) is 0.711. The molecule has 1 heterocycles. The second-order valence-electron chi connectivity index (χ2n) is 7.87. The summed E-state index contributed by atoms with van der Waals surface area (Å²) < 4.78 is 1.88. The van der Waals surface area contributed by atoms with Crippen molar-refractivity contribution in [1.29, 1.82) is 0 Å². The molecule has 0 fully saturated rings. The number of para-hydroxylation sites is 2. The second kappa shape index (κ2) is 8.87. The molecule has 0 radical (unpaired) electrons. The highest BCUT2D eigenvalue weighted by Gasteiger charge is 2.26. The number of carbonyl (C=O) groups excluding carboxylic acids is 2. The fourth-order valence-electron chi connectivity index (χ4n) is 2.89. The van der Waals surface area contributed by atoms with Gasteiger partial charge in [-0.05, 0) is 19.1 Å². The number of hydrogen-bond acceptors (Lipinski definition) is 3. The lowest BCUT2D eigenvalue weighted by Gasteiger charge is -2.24. The first kappa shape index (κ1) is 21.4. The number of hydrogen-bond donors (Lipinski definition) is 1. The Balaban J connectivity index is 2.39. The average Bonchev–Trinajstić information content (AvgIpc) is 2.99. The summed E-state index contributed by atoms with van der Waals surface area (Å²) in [6.07, 6.45) is 3.39. The van der Waals surface area contributed by atoms with Gasteiger partial charge in [0.25, 0.3) is 0 Å². The lowest BCUT2D eigenvalue weighted by atomic mass is 9.95. The third kappa shape index (κ3) is 4.88. The molecule has 1 aromatic carbocycles. The fraction of sp³-hybridized carbons (Fsp3) is 0.409. The molecule has 28 heavy (non-hydrogen) atoms. The Morgan fingerprint density at radius 2 is 1.82 bits per heavy atom. The Morgan fingerprint density at radius 1 is 1.21 bits per heavy atom. The summed E-state index contributed by atoms with van der Waals surface area (Å²) in [5.74, 6) is 0.535. The number of nitrogens with zero attached hydrogens (tertiary/aromatic N) is 3. The Hall–Kier alpha value is -2.89. The van der Waals surface area contributed by atoms with Crippen LogP contribution < -0.4 is 5.32 Å². The number of rotatable bonds is 8. The van der Waals surface area contributed by atoms with E-state index in [4.69, 9.17) is 0 Å². The van der Waals surface area contributed by atoms with Crippen molar-refractivity contribution in [3.8, 4) is 0 Å². The number of nitrogens with one attached hydrogen (secondary N) is 1. The van der Waals surface area contributed by atoms with Crippen molar-refractivity contribution >= 4 is 22.8 Å². The predicted octanol–water partition coefficient (Wildman–Crippen LogP) is 3.46. The van der Waals surface area contributed by atoms with Gasteiger partial charge in [0.15, 0.2) is 0 Å². The molecular weight excluding hydrogens is 352 g/mol. The molecule has 0 aliphatic heterocycles. The number of aromatic nitrogens is 2. The molecule has 0 aliphatic rings. The zero-order valence-electron chi connectivity index (χ0n) is 17.2. The van der Waals surface area contributed by atoms with Crippen molar-refractivity contribution in [3.63, 3.8) is 0 Å². The zero-order valence-corrected chi connectivity index (χ0v) is 17.2. The predicted molar refractivity (Wildman–Crippen MR) is 113 cm³/mol. The third-order valence-electron chi connectivity index (χ3n) is 4.45. The molecule has 6 nitrogen and oxygen atoms in total. The maximum Gasteiger partial charge on any atom is 0.243 e. The minimum absolute atomic E-state index is 0.0569. The third-order valence-corrected chi connectivity index (χ3v) is 4.45. The van der Waals surface area contributed by atoms with Gasteiger partial charge in [0.2, 0.25) is 11.8 Å². The van der Waals surface area contributed by atoms with Crippen LogP contribution in [0, 0.1) is 5.41 Å². The van der Waals surface area contributed by atoms with E-state index in [0.717, 1.165) is 11.0 Å². The number of amides is 2. The van der Waals surface area contributed by atoms with E-state index in [1.807, 2.05) is 56.5 Å². The van der Waals surface area contributed by atoms with Crippen LogP contribution >= 0.6 is 0 Å². The molecule has 0 spiro atoms. The van der Waals surface area contributed by atoms with Crippen molar-refractivity contribution in [2.24, 2.45) is 5.41 Å². The van der Waals surface area contributed by atoms with Gasteiger partial charge in [0.1, 0.15) is 12.4 Å². The molecule has 0 aliphatic carbocycles. The average molecular weight is 383 g/mol. The molecule has 150 valence electrons. The van der Waals surface area contributed by atoms with Crippen LogP contribution in [0.3, 0.4) is 0 Å². The summed E-state index contributed by atoms with van der Waals surface area (Å²) in [5.41, 5.74) is 1.15.